The molecule has 2 aliphatic heterocycles. The Morgan fingerprint density at radius 3 is 2.87 bits per heavy atom. The number of rotatable bonds is 5. The van der Waals surface area contributed by atoms with Crippen LogP contribution in [0.15, 0.2) is 30.7 Å². The Hall–Kier alpha value is -2.39. The third-order valence-corrected chi connectivity index (χ3v) is 6.56. The minimum absolute atomic E-state index is 0.0627. The highest BCUT2D eigenvalue weighted by Gasteiger charge is 2.48. The zero-order valence-electron chi connectivity index (χ0n) is 16.9. The van der Waals surface area contributed by atoms with E-state index >= 15 is 0 Å². The molecule has 0 aromatic carbocycles. The molecule has 160 valence electrons. The van der Waals surface area contributed by atoms with Gasteiger partial charge in [-0.2, -0.15) is 5.10 Å². The lowest BCUT2D eigenvalue weighted by molar-refractivity contribution is -0.0727. The maximum atomic E-state index is 13.6. The summed E-state index contributed by atoms with van der Waals surface area (Å²) < 4.78 is 29.0. The average molecular weight is 416 g/mol. The van der Waals surface area contributed by atoms with Crippen molar-refractivity contribution in [3.05, 3.63) is 36.4 Å². The van der Waals surface area contributed by atoms with E-state index < -0.39 is 12.2 Å². The number of aryl methyl sites for hydroxylation is 1. The first-order chi connectivity index (χ1) is 14.4. The second-order valence-corrected chi connectivity index (χ2v) is 8.71. The number of nitrogens with one attached hydrogen (secondary N) is 1. The van der Waals surface area contributed by atoms with Gasteiger partial charge in [0.25, 0.3) is 0 Å². The van der Waals surface area contributed by atoms with Crippen LogP contribution in [0.2, 0.25) is 0 Å². The van der Waals surface area contributed by atoms with Gasteiger partial charge in [0, 0.05) is 50.3 Å². The molecule has 0 radical (unpaired) electrons. The van der Waals surface area contributed by atoms with Crippen molar-refractivity contribution in [3.8, 4) is 0 Å². The molecule has 1 saturated carbocycles. The van der Waals surface area contributed by atoms with Crippen LogP contribution in [-0.4, -0.2) is 54.0 Å². The van der Waals surface area contributed by atoms with Gasteiger partial charge >= 0.3 is 0 Å². The number of aromatic nitrogens is 4. The molecular weight excluding hydrogens is 390 g/mol. The fraction of sp³-hybridized carbons (Fsp3) is 0.571. The van der Waals surface area contributed by atoms with Gasteiger partial charge in [0.15, 0.2) is 0 Å². The molecule has 1 saturated heterocycles. The number of aliphatic hydroxyl groups is 1. The van der Waals surface area contributed by atoms with E-state index in [2.05, 4.69) is 31.4 Å². The van der Waals surface area contributed by atoms with Crippen molar-refractivity contribution in [1.29, 1.82) is 0 Å². The summed E-state index contributed by atoms with van der Waals surface area (Å²) in [5.41, 5.74) is 2.80. The summed E-state index contributed by atoms with van der Waals surface area (Å²) in [6.45, 7) is 0. The fourth-order valence-electron chi connectivity index (χ4n) is 5.16. The second kappa shape index (κ2) is 7.39. The Labute approximate surface area is 173 Å². The van der Waals surface area contributed by atoms with E-state index in [1.165, 1.54) is 0 Å². The second-order valence-electron chi connectivity index (χ2n) is 8.71. The van der Waals surface area contributed by atoms with Crippen LogP contribution >= 0.6 is 0 Å². The molecule has 2 bridgehead atoms. The van der Waals surface area contributed by atoms with Gasteiger partial charge < -0.3 is 10.4 Å². The third kappa shape index (κ3) is 3.72. The lowest BCUT2D eigenvalue weighted by Crippen LogP contribution is -2.48. The Bertz CT molecular complexity index is 960. The standard InChI is InChI=1S/C21H26F2N6O/c1-28-12-15(11-25-28)26-20-24-7-5-18(27-20)14-8-16-2-3-17(9-14)29(16)19(30)13-4-6-21(22,23)10-13/h5,7-8,11-13,16-17,19,30H,2-4,6,9-10H2,1H3,(H,24,26,27). The fourth-order valence-corrected chi connectivity index (χ4v) is 5.16. The molecule has 2 aromatic heterocycles. The molecule has 4 unspecified atom stereocenters. The summed E-state index contributed by atoms with van der Waals surface area (Å²) in [4.78, 5) is 11.0. The highest BCUT2D eigenvalue weighted by atomic mass is 19.3. The Morgan fingerprint density at radius 2 is 2.17 bits per heavy atom. The van der Waals surface area contributed by atoms with Crippen LogP contribution in [0.25, 0.3) is 5.57 Å². The molecule has 2 N–H and O–H groups in total. The monoisotopic (exact) mass is 416 g/mol. The van der Waals surface area contributed by atoms with Crippen LogP contribution < -0.4 is 5.32 Å². The van der Waals surface area contributed by atoms with Crippen LogP contribution in [0.4, 0.5) is 20.4 Å². The number of fused-ring (bicyclic) bond motifs is 2. The number of halogens is 2. The molecule has 7 nitrogen and oxygen atoms in total. The number of hydrogen-bond acceptors (Lipinski definition) is 6. The molecule has 0 spiro atoms. The van der Waals surface area contributed by atoms with E-state index in [-0.39, 0.29) is 30.8 Å². The number of alkyl halides is 2. The molecule has 4 atom stereocenters. The minimum atomic E-state index is -2.64. The smallest absolute Gasteiger partial charge is 0.248 e. The van der Waals surface area contributed by atoms with Gasteiger partial charge in [-0.25, -0.2) is 18.7 Å². The number of hydrogen-bond donors (Lipinski definition) is 2. The highest BCUT2D eigenvalue weighted by molar-refractivity contribution is 5.66. The van der Waals surface area contributed by atoms with Gasteiger partial charge in [-0.3, -0.25) is 9.58 Å². The summed E-state index contributed by atoms with van der Waals surface area (Å²) in [5.74, 6) is -2.49. The number of nitrogens with zero attached hydrogens (tertiary/aromatic N) is 5. The van der Waals surface area contributed by atoms with Gasteiger partial charge in [0.2, 0.25) is 11.9 Å². The lowest BCUT2D eigenvalue weighted by atomic mass is 9.95. The molecule has 2 fully saturated rings. The first kappa shape index (κ1) is 19.6. The highest BCUT2D eigenvalue weighted by Crippen LogP contribution is 2.45. The molecular formula is C21H26F2N6O. The Balaban J connectivity index is 1.33. The van der Waals surface area contributed by atoms with E-state index in [1.807, 2.05) is 19.3 Å². The van der Waals surface area contributed by atoms with Crippen molar-refractivity contribution < 1.29 is 13.9 Å². The third-order valence-electron chi connectivity index (χ3n) is 6.56. The van der Waals surface area contributed by atoms with Crippen LogP contribution in [0.1, 0.15) is 44.2 Å². The van der Waals surface area contributed by atoms with Crippen LogP contribution in [0.3, 0.4) is 0 Å². The summed E-state index contributed by atoms with van der Waals surface area (Å²) in [5, 5.41) is 18.2. The largest absolute Gasteiger partial charge is 0.378 e. The van der Waals surface area contributed by atoms with E-state index in [9.17, 15) is 13.9 Å². The molecule has 3 aliphatic rings. The summed E-state index contributed by atoms with van der Waals surface area (Å²) >= 11 is 0. The predicted molar refractivity (Wildman–Crippen MR) is 108 cm³/mol. The van der Waals surface area contributed by atoms with Crippen LogP contribution in [0, 0.1) is 5.92 Å². The molecule has 30 heavy (non-hydrogen) atoms. The lowest BCUT2D eigenvalue weighted by Gasteiger charge is -2.39. The SMILES string of the molecule is Cn1cc(Nc2nccc(C3=CC4CCC(C3)N4C(O)C3CCC(F)(F)C3)n2)cn1. The topological polar surface area (TPSA) is 79.1 Å². The summed E-state index contributed by atoms with van der Waals surface area (Å²) in [7, 11) is 1.85. The average Bonchev–Trinajstić information content (AvgIpc) is 3.36. The van der Waals surface area contributed by atoms with Gasteiger partial charge in [0.1, 0.15) is 6.23 Å². The first-order valence-corrected chi connectivity index (χ1v) is 10.5. The molecule has 5 rings (SSSR count). The van der Waals surface area contributed by atoms with Crippen molar-refractivity contribution in [2.45, 2.75) is 62.8 Å². The number of aliphatic hydroxyl groups excluding tert-OH is 1. The summed E-state index contributed by atoms with van der Waals surface area (Å²) in [6, 6.07) is 2.11. The van der Waals surface area contributed by atoms with E-state index in [0.29, 0.717) is 12.4 Å². The molecule has 4 heterocycles. The molecule has 1 aliphatic carbocycles. The zero-order chi connectivity index (χ0) is 20.9. The Kier molecular flexibility index (Phi) is 4.82. The molecule has 9 heteroatoms. The van der Waals surface area contributed by atoms with E-state index in [1.54, 1.807) is 17.1 Å². The number of anilines is 2. The van der Waals surface area contributed by atoms with Crippen molar-refractivity contribution in [2.75, 3.05) is 5.32 Å². The van der Waals surface area contributed by atoms with Gasteiger partial charge in [-0.15, -0.1) is 0 Å². The Morgan fingerprint density at radius 1 is 1.30 bits per heavy atom. The van der Waals surface area contributed by atoms with E-state index in [0.717, 1.165) is 36.2 Å². The van der Waals surface area contributed by atoms with Gasteiger partial charge in [-0.1, -0.05) is 6.08 Å². The van der Waals surface area contributed by atoms with E-state index in [4.69, 9.17) is 0 Å². The minimum Gasteiger partial charge on any atom is -0.378 e. The van der Waals surface area contributed by atoms with Crippen LogP contribution in [0.5, 0.6) is 0 Å². The first-order valence-electron chi connectivity index (χ1n) is 10.5. The predicted octanol–water partition coefficient (Wildman–Crippen LogP) is 3.33. The summed E-state index contributed by atoms with van der Waals surface area (Å²) in [6.07, 6.45) is 9.32. The maximum Gasteiger partial charge on any atom is 0.248 e. The van der Waals surface area contributed by atoms with Crippen molar-refractivity contribution in [1.82, 2.24) is 24.6 Å². The zero-order valence-corrected chi connectivity index (χ0v) is 16.9. The van der Waals surface area contributed by atoms with Gasteiger partial charge in [0.05, 0.1) is 17.6 Å². The molecule has 0 amide bonds. The normalized spacial score (nSPS) is 29.1. The van der Waals surface area contributed by atoms with Gasteiger partial charge in [-0.05, 0) is 37.3 Å². The van der Waals surface area contributed by atoms with Crippen molar-refractivity contribution in [3.63, 3.8) is 0 Å². The quantitative estimate of drug-likeness (QED) is 0.779. The van der Waals surface area contributed by atoms with Crippen molar-refractivity contribution >= 4 is 17.2 Å². The van der Waals surface area contributed by atoms with Crippen LogP contribution in [-0.2, 0) is 7.05 Å². The maximum absolute atomic E-state index is 13.6. The van der Waals surface area contributed by atoms with Crippen molar-refractivity contribution in [2.24, 2.45) is 13.0 Å². The molecule has 2 aromatic rings.